The normalized spacial score (nSPS) is 10.8. The van der Waals surface area contributed by atoms with Gasteiger partial charge in [0.1, 0.15) is 0 Å². The molecule has 0 saturated heterocycles. The van der Waals surface area contributed by atoms with Crippen LogP contribution in [0.4, 0.5) is 15.3 Å². The van der Waals surface area contributed by atoms with E-state index in [9.17, 15) is 9.59 Å². The fourth-order valence-corrected chi connectivity index (χ4v) is 1.19. The maximum Gasteiger partial charge on any atom is 0.450 e. The lowest BCUT2D eigenvalue weighted by molar-refractivity contribution is 0.203. The van der Waals surface area contributed by atoms with Crippen molar-refractivity contribution in [1.82, 2.24) is 0 Å². The summed E-state index contributed by atoms with van der Waals surface area (Å²) in [6.45, 7) is 4.13. The minimum absolute atomic E-state index is 0.409. The number of amides is 3. The van der Waals surface area contributed by atoms with Crippen LogP contribution in [-0.4, -0.2) is 17.2 Å². The first-order valence-electron chi connectivity index (χ1n) is 5.04. The van der Waals surface area contributed by atoms with Crippen molar-refractivity contribution in [2.45, 2.75) is 19.8 Å². The number of carbonyl (C=O) groups excluding carboxylic acids is 1. The number of nitrogens with one attached hydrogen (secondary N) is 1. The zero-order valence-electron chi connectivity index (χ0n) is 9.54. The molecule has 6 heteroatoms. The number of anilines is 1. The van der Waals surface area contributed by atoms with Crippen LogP contribution in [0, 0.1) is 0 Å². The third-order valence-corrected chi connectivity index (χ3v) is 2.05. The van der Waals surface area contributed by atoms with E-state index in [-0.39, 0.29) is 0 Å². The van der Waals surface area contributed by atoms with Gasteiger partial charge in [-0.05, 0) is 23.6 Å². The van der Waals surface area contributed by atoms with E-state index in [1.807, 2.05) is 12.1 Å². The van der Waals surface area contributed by atoms with Crippen molar-refractivity contribution in [2.24, 2.45) is 10.2 Å². The van der Waals surface area contributed by atoms with Crippen LogP contribution in [0.3, 0.4) is 0 Å². The van der Waals surface area contributed by atoms with Gasteiger partial charge in [0.25, 0.3) is 0 Å². The highest BCUT2D eigenvalue weighted by atomic mass is 16.4. The molecule has 0 aliphatic rings. The van der Waals surface area contributed by atoms with Gasteiger partial charge in [0.2, 0.25) is 0 Å². The van der Waals surface area contributed by atoms with Gasteiger partial charge in [-0.2, -0.15) is 0 Å². The highest BCUT2D eigenvalue weighted by Crippen LogP contribution is 2.17. The van der Waals surface area contributed by atoms with Gasteiger partial charge >= 0.3 is 12.1 Å². The number of carbonyl (C=O) groups is 2. The Morgan fingerprint density at radius 3 is 2.24 bits per heavy atom. The molecule has 0 fully saturated rings. The van der Waals surface area contributed by atoms with Gasteiger partial charge in [-0.25, -0.2) is 9.59 Å². The van der Waals surface area contributed by atoms with Crippen LogP contribution in [0.25, 0.3) is 0 Å². The third-order valence-electron chi connectivity index (χ3n) is 2.05. The van der Waals surface area contributed by atoms with E-state index in [1.54, 1.807) is 12.1 Å². The Hall–Kier alpha value is -2.24. The van der Waals surface area contributed by atoms with Crippen molar-refractivity contribution in [3.8, 4) is 0 Å². The molecule has 0 saturated carbocycles. The summed E-state index contributed by atoms with van der Waals surface area (Å²) in [5.74, 6) is 0.409. The number of rotatable bonds is 2. The van der Waals surface area contributed by atoms with Crippen molar-refractivity contribution in [2.75, 3.05) is 5.32 Å². The van der Waals surface area contributed by atoms with Crippen LogP contribution < -0.4 is 5.32 Å². The van der Waals surface area contributed by atoms with Crippen molar-refractivity contribution in [3.63, 3.8) is 0 Å². The molecular weight excluding hydrogens is 222 g/mol. The lowest BCUT2D eigenvalue weighted by Crippen LogP contribution is -2.06. The van der Waals surface area contributed by atoms with Gasteiger partial charge in [0.15, 0.2) is 0 Å². The average molecular weight is 235 g/mol. The molecule has 0 atom stereocenters. The lowest BCUT2D eigenvalue weighted by atomic mass is 10.0. The van der Waals surface area contributed by atoms with Crippen molar-refractivity contribution >= 4 is 17.8 Å². The Bertz CT molecular complexity index is 438. The molecule has 17 heavy (non-hydrogen) atoms. The Morgan fingerprint density at radius 1 is 1.18 bits per heavy atom. The van der Waals surface area contributed by atoms with Gasteiger partial charge in [0.05, 0.1) is 0 Å². The second-order valence-electron chi connectivity index (χ2n) is 3.69. The summed E-state index contributed by atoms with van der Waals surface area (Å²) < 4.78 is 0. The number of nitrogens with zero attached hydrogens (tertiary/aromatic N) is 2. The Labute approximate surface area is 98.4 Å². The Kier molecular flexibility index (Phi) is 4.33. The topological polar surface area (TPSA) is 91.1 Å². The second kappa shape index (κ2) is 5.74. The van der Waals surface area contributed by atoms with Gasteiger partial charge in [0, 0.05) is 5.69 Å². The van der Waals surface area contributed by atoms with Crippen LogP contribution in [0.5, 0.6) is 0 Å². The van der Waals surface area contributed by atoms with Crippen LogP contribution in [0.2, 0.25) is 0 Å². The summed E-state index contributed by atoms with van der Waals surface area (Å²) in [7, 11) is 0. The number of benzene rings is 1. The highest BCUT2D eigenvalue weighted by Gasteiger charge is 2.02. The van der Waals surface area contributed by atoms with E-state index in [0.29, 0.717) is 11.6 Å². The Balaban J connectivity index is 2.63. The zero-order chi connectivity index (χ0) is 12.8. The van der Waals surface area contributed by atoms with Crippen molar-refractivity contribution in [3.05, 3.63) is 29.8 Å². The van der Waals surface area contributed by atoms with E-state index < -0.39 is 12.1 Å². The molecule has 6 nitrogen and oxygen atoms in total. The highest BCUT2D eigenvalue weighted by molar-refractivity contribution is 5.90. The first kappa shape index (κ1) is 12.8. The zero-order valence-corrected chi connectivity index (χ0v) is 9.54. The van der Waals surface area contributed by atoms with E-state index in [4.69, 9.17) is 5.11 Å². The summed E-state index contributed by atoms with van der Waals surface area (Å²) >= 11 is 0. The van der Waals surface area contributed by atoms with E-state index >= 15 is 0 Å². The molecule has 0 bridgehead atoms. The molecule has 1 rings (SSSR count). The molecule has 2 N–H and O–H groups in total. The summed E-state index contributed by atoms with van der Waals surface area (Å²) in [5.41, 5.74) is 1.69. The maximum absolute atomic E-state index is 11.1. The predicted octanol–water partition coefficient (Wildman–Crippen LogP) is 3.47. The number of carboxylic acid groups (broad SMARTS) is 1. The molecule has 0 heterocycles. The Morgan fingerprint density at radius 2 is 1.76 bits per heavy atom. The van der Waals surface area contributed by atoms with Gasteiger partial charge in [-0.3, -0.25) is 0 Å². The number of azo groups is 1. The molecule has 0 spiro atoms. The number of hydrogen-bond acceptors (Lipinski definition) is 2. The van der Waals surface area contributed by atoms with Crippen LogP contribution in [0.15, 0.2) is 34.5 Å². The first-order valence-corrected chi connectivity index (χ1v) is 5.04. The molecule has 1 aromatic rings. The smallest absolute Gasteiger partial charge is 0.450 e. The van der Waals surface area contributed by atoms with Gasteiger partial charge in [-0.1, -0.05) is 36.2 Å². The largest absolute Gasteiger partial charge is 0.462 e. The molecule has 0 aliphatic carbocycles. The van der Waals surface area contributed by atoms with E-state index in [2.05, 4.69) is 29.4 Å². The molecule has 3 amide bonds. The fraction of sp³-hybridized carbons (Fsp3) is 0.273. The number of urea groups is 1. The number of hydrogen-bond donors (Lipinski definition) is 2. The molecule has 0 unspecified atom stereocenters. The summed E-state index contributed by atoms with van der Waals surface area (Å²) in [5, 5.41) is 16.2. The lowest BCUT2D eigenvalue weighted by Gasteiger charge is -2.06. The van der Waals surface area contributed by atoms with Crippen LogP contribution >= 0.6 is 0 Å². The van der Waals surface area contributed by atoms with Crippen LogP contribution in [-0.2, 0) is 0 Å². The third kappa shape index (κ3) is 4.42. The summed E-state index contributed by atoms with van der Waals surface area (Å²) in [4.78, 5) is 21.1. The quantitative estimate of drug-likeness (QED) is 0.769. The molecule has 0 aliphatic heterocycles. The first-order chi connectivity index (χ1) is 7.99. The monoisotopic (exact) mass is 235 g/mol. The average Bonchev–Trinajstić information content (AvgIpc) is 2.27. The molecular formula is C11H13N3O3. The van der Waals surface area contributed by atoms with Crippen molar-refractivity contribution in [1.29, 1.82) is 0 Å². The fourth-order valence-electron chi connectivity index (χ4n) is 1.19. The van der Waals surface area contributed by atoms with Gasteiger partial charge < -0.3 is 10.4 Å². The molecule has 90 valence electrons. The maximum atomic E-state index is 11.1. The SMILES string of the molecule is CC(C)c1ccc(NC(=O)N=NC(=O)O)cc1. The van der Waals surface area contributed by atoms with E-state index in [0.717, 1.165) is 5.56 Å². The van der Waals surface area contributed by atoms with Gasteiger partial charge in [-0.15, -0.1) is 0 Å². The van der Waals surface area contributed by atoms with Crippen molar-refractivity contribution < 1.29 is 14.7 Å². The predicted molar refractivity (Wildman–Crippen MR) is 62.4 cm³/mol. The standard InChI is InChI=1S/C11H13N3O3/c1-7(2)8-3-5-9(6-4-8)12-10(15)13-14-11(16)17/h3-7H,1-2H3,(H,12,15)(H,16,17). The molecule has 1 aromatic carbocycles. The molecule has 0 radical (unpaired) electrons. The van der Waals surface area contributed by atoms with E-state index in [1.165, 1.54) is 0 Å². The minimum atomic E-state index is -1.50. The van der Waals surface area contributed by atoms with Crippen LogP contribution in [0.1, 0.15) is 25.3 Å². The summed E-state index contributed by atoms with van der Waals surface area (Å²) in [6, 6.07) is 6.40. The molecule has 0 aromatic heterocycles. The minimum Gasteiger partial charge on any atom is -0.462 e. The summed E-state index contributed by atoms with van der Waals surface area (Å²) in [6.07, 6.45) is -1.50. The second-order valence-corrected chi connectivity index (χ2v) is 3.69.